The van der Waals surface area contributed by atoms with Crippen LogP contribution in [0.25, 0.3) is 5.69 Å². The van der Waals surface area contributed by atoms with E-state index < -0.39 is 5.97 Å². The topological polar surface area (TPSA) is 81.5 Å². The van der Waals surface area contributed by atoms with Gasteiger partial charge in [0.1, 0.15) is 5.82 Å². The molecule has 0 radical (unpaired) electrons. The Hall–Kier alpha value is -3.81. The lowest BCUT2D eigenvalue weighted by molar-refractivity contribution is 0.0477. The number of carbonyl (C=O) groups is 3. The highest BCUT2D eigenvalue weighted by Crippen LogP contribution is 2.28. The number of aromatic nitrogens is 2. The summed E-state index contributed by atoms with van der Waals surface area (Å²) in [4.78, 5) is 38.9. The van der Waals surface area contributed by atoms with Crippen LogP contribution in [0.3, 0.4) is 0 Å². The number of nitrogens with zero attached hydrogens (tertiary/aromatic N) is 3. The number of amides is 2. The molecule has 2 aromatic carbocycles. The number of ether oxygens (including phenoxy) is 1. The third kappa shape index (κ3) is 4.00. The third-order valence-electron chi connectivity index (χ3n) is 6.33. The Kier molecular flexibility index (Phi) is 5.96. The van der Waals surface area contributed by atoms with E-state index in [2.05, 4.69) is 5.10 Å². The Morgan fingerprint density at radius 1 is 0.941 bits per heavy atom. The molecule has 0 spiro atoms. The SMILES string of the molecule is O=C(OCCCCN1C(=O)c2ccccc2C1=O)c1nn(-c2ccc(F)cc2)c2c1CCCC2. The van der Waals surface area contributed by atoms with Gasteiger partial charge in [-0.25, -0.2) is 13.9 Å². The van der Waals surface area contributed by atoms with Crippen molar-refractivity contribution in [3.05, 3.63) is 82.4 Å². The first-order valence-corrected chi connectivity index (χ1v) is 11.5. The Bertz CT molecular complexity index is 1230. The summed E-state index contributed by atoms with van der Waals surface area (Å²) in [5.41, 5.74) is 3.74. The Morgan fingerprint density at radius 3 is 2.32 bits per heavy atom. The van der Waals surface area contributed by atoms with Gasteiger partial charge < -0.3 is 4.74 Å². The maximum atomic E-state index is 13.3. The Labute approximate surface area is 196 Å². The van der Waals surface area contributed by atoms with Gasteiger partial charge in [0.15, 0.2) is 5.69 Å². The van der Waals surface area contributed by atoms with E-state index in [9.17, 15) is 18.8 Å². The second kappa shape index (κ2) is 9.21. The fraction of sp³-hybridized carbons (Fsp3) is 0.308. The van der Waals surface area contributed by atoms with Crippen molar-refractivity contribution in [1.82, 2.24) is 14.7 Å². The molecule has 2 heterocycles. The molecule has 1 aliphatic heterocycles. The van der Waals surface area contributed by atoms with Crippen LogP contribution in [0.4, 0.5) is 4.39 Å². The lowest BCUT2D eigenvalue weighted by Gasteiger charge is -2.14. The molecular formula is C26H24FN3O4. The molecule has 0 saturated carbocycles. The zero-order chi connectivity index (χ0) is 23.7. The summed E-state index contributed by atoms with van der Waals surface area (Å²) >= 11 is 0. The number of carbonyl (C=O) groups excluding carboxylic acids is 3. The fourth-order valence-corrected chi connectivity index (χ4v) is 4.61. The van der Waals surface area contributed by atoms with Gasteiger partial charge in [0, 0.05) is 17.8 Å². The lowest BCUT2D eigenvalue weighted by Crippen LogP contribution is -2.30. The zero-order valence-electron chi connectivity index (χ0n) is 18.6. The standard InChI is InChI=1S/C26H24FN3O4/c27-17-11-13-18(14-12-17)30-22-10-4-3-9-21(22)23(28-30)26(33)34-16-6-5-15-29-24(31)19-7-1-2-8-20(19)25(29)32/h1-2,7-8,11-14H,3-6,9-10,15-16H2. The number of fused-ring (bicyclic) bond motifs is 2. The van der Waals surface area contributed by atoms with Gasteiger partial charge in [-0.3, -0.25) is 14.5 Å². The summed E-state index contributed by atoms with van der Waals surface area (Å²) in [6.45, 7) is 0.443. The van der Waals surface area contributed by atoms with Crippen molar-refractivity contribution in [3.63, 3.8) is 0 Å². The van der Waals surface area contributed by atoms with Crippen LogP contribution in [-0.2, 0) is 17.6 Å². The van der Waals surface area contributed by atoms with Gasteiger partial charge in [-0.1, -0.05) is 12.1 Å². The predicted molar refractivity (Wildman–Crippen MR) is 121 cm³/mol. The van der Waals surface area contributed by atoms with Crippen molar-refractivity contribution in [1.29, 1.82) is 0 Å². The van der Waals surface area contributed by atoms with Crippen molar-refractivity contribution in [2.45, 2.75) is 38.5 Å². The van der Waals surface area contributed by atoms with E-state index >= 15 is 0 Å². The fourth-order valence-electron chi connectivity index (χ4n) is 4.61. The molecule has 1 aromatic heterocycles. The highest BCUT2D eigenvalue weighted by atomic mass is 19.1. The number of rotatable bonds is 7. The van der Waals surface area contributed by atoms with Crippen LogP contribution < -0.4 is 0 Å². The molecule has 3 aromatic rings. The second-order valence-corrected chi connectivity index (χ2v) is 8.52. The average molecular weight is 461 g/mol. The summed E-state index contributed by atoms with van der Waals surface area (Å²) in [6, 6.07) is 12.8. The summed E-state index contributed by atoms with van der Waals surface area (Å²) < 4.78 is 20.5. The van der Waals surface area contributed by atoms with E-state index in [1.54, 1.807) is 41.1 Å². The summed E-state index contributed by atoms with van der Waals surface area (Å²) in [5, 5.41) is 4.52. The predicted octanol–water partition coefficient (Wildman–Crippen LogP) is 4.12. The minimum Gasteiger partial charge on any atom is -0.461 e. The molecule has 2 aliphatic rings. The number of unbranched alkanes of at least 4 members (excludes halogenated alkanes) is 1. The first-order chi connectivity index (χ1) is 16.5. The van der Waals surface area contributed by atoms with Crippen molar-refractivity contribution in [2.75, 3.05) is 13.2 Å². The van der Waals surface area contributed by atoms with E-state index in [4.69, 9.17) is 4.74 Å². The third-order valence-corrected chi connectivity index (χ3v) is 6.33. The molecule has 0 N–H and O–H groups in total. The average Bonchev–Trinajstić information content (AvgIpc) is 3.36. The van der Waals surface area contributed by atoms with Gasteiger partial charge in [-0.15, -0.1) is 0 Å². The van der Waals surface area contributed by atoms with Gasteiger partial charge in [-0.05, 0) is 74.9 Å². The minimum atomic E-state index is -0.486. The maximum absolute atomic E-state index is 13.3. The number of halogens is 1. The van der Waals surface area contributed by atoms with Crippen molar-refractivity contribution < 1.29 is 23.5 Å². The number of hydrogen-bond acceptors (Lipinski definition) is 5. The lowest BCUT2D eigenvalue weighted by atomic mass is 9.95. The molecule has 0 unspecified atom stereocenters. The highest BCUT2D eigenvalue weighted by molar-refractivity contribution is 6.21. The largest absolute Gasteiger partial charge is 0.461 e. The highest BCUT2D eigenvalue weighted by Gasteiger charge is 2.34. The van der Waals surface area contributed by atoms with Crippen LogP contribution >= 0.6 is 0 Å². The van der Waals surface area contributed by atoms with Crippen molar-refractivity contribution in [2.24, 2.45) is 0 Å². The summed E-state index contributed by atoms with van der Waals surface area (Å²) in [5.74, 6) is -1.38. The quantitative estimate of drug-likeness (QED) is 0.300. The van der Waals surface area contributed by atoms with Gasteiger partial charge >= 0.3 is 5.97 Å². The second-order valence-electron chi connectivity index (χ2n) is 8.52. The molecule has 174 valence electrons. The zero-order valence-corrected chi connectivity index (χ0v) is 18.6. The molecule has 0 bridgehead atoms. The number of esters is 1. The van der Waals surface area contributed by atoms with E-state index in [0.717, 1.165) is 36.9 Å². The molecule has 2 amide bonds. The molecule has 7 nitrogen and oxygen atoms in total. The monoisotopic (exact) mass is 461 g/mol. The van der Waals surface area contributed by atoms with E-state index in [-0.39, 0.29) is 30.8 Å². The molecule has 34 heavy (non-hydrogen) atoms. The number of hydrogen-bond donors (Lipinski definition) is 0. The van der Waals surface area contributed by atoms with Crippen molar-refractivity contribution in [3.8, 4) is 5.69 Å². The molecule has 0 atom stereocenters. The maximum Gasteiger partial charge on any atom is 0.359 e. The van der Waals surface area contributed by atoms with Crippen LogP contribution in [0.1, 0.15) is 68.1 Å². The van der Waals surface area contributed by atoms with Gasteiger partial charge in [0.25, 0.3) is 11.8 Å². The van der Waals surface area contributed by atoms with Crippen LogP contribution in [-0.4, -0.2) is 45.6 Å². The van der Waals surface area contributed by atoms with Gasteiger partial charge in [0.05, 0.1) is 23.4 Å². The van der Waals surface area contributed by atoms with Crippen LogP contribution in [0.15, 0.2) is 48.5 Å². The van der Waals surface area contributed by atoms with Crippen LogP contribution in [0, 0.1) is 5.82 Å². The van der Waals surface area contributed by atoms with Crippen LogP contribution in [0.5, 0.6) is 0 Å². The Balaban J connectivity index is 1.19. The molecule has 5 rings (SSSR count). The van der Waals surface area contributed by atoms with Crippen molar-refractivity contribution >= 4 is 17.8 Å². The first-order valence-electron chi connectivity index (χ1n) is 11.5. The van der Waals surface area contributed by atoms with Gasteiger partial charge in [0.2, 0.25) is 0 Å². The number of imide groups is 1. The molecular weight excluding hydrogens is 437 g/mol. The molecule has 0 fully saturated rings. The van der Waals surface area contributed by atoms with E-state index in [1.165, 1.54) is 17.0 Å². The molecule has 8 heteroatoms. The molecule has 1 aliphatic carbocycles. The van der Waals surface area contributed by atoms with E-state index in [0.29, 0.717) is 35.3 Å². The first kappa shape index (κ1) is 22.0. The van der Waals surface area contributed by atoms with Crippen LogP contribution in [0.2, 0.25) is 0 Å². The summed E-state index contributed by atoms with van der Waals surface area (Å²) in [7, 11) is 0. The Morgan fingerprint density at radius 2 is 1.62 bits per heavy atom. The number of benzene rings is 2. The smallest absolute Gasteiger partial charge is 0.359 e. The van der Waals surface area contributed by atoms with E-state index in [1.807, 2.05) is 0 Å². The molecule has 0 saturated heterocycles. The van der Waals surface area contributed by atoms with Gasteiger partial charge in [-0.2, -0.15) is 5.10 Å². The minimum absolute atomic E-state index is 0.167. The normalized spacial score (nSPS) is 14.8. The summed E-state index contributed by atoms with van der Waals surface area (Å²) in [6.07, 6.45) is 4.57.